The molecule has 0 saturated carbocycles. The van der Waals surface area contributed by atoms with Crippen LogP contribution in [0.3, 0.4) is 0 Å². The second-order valence-electron chi connectivity index (χ2n) is 6.83. The molecule has 0 saturated heterocycles. The molecule has 1 heterocycles. The molecule has 0 radical (unpaired) electrons. The van der Waals surface area contributed by atoms with Crippen LogP contribution in [0, 0.1) is 12.8 Å². The highest BCUT2D eigenvalue weighted by Crippen LogP contribution is 2.52. The summed E-state index contributed by atoms with van der Waals surface area (Å²) in [5.41, 5.74) is 13.8. The smallest absolute Gasteiger partial charge is 0.0554 e. The fourth-order valence-electron chi connectivity index (χ4n) is 4.17. The van der Waals surface area contributed by atoms with Crippen LogP contribution in [0.15, 0.2) is 48.6 Å². The van der Waals surface area contributed by atoms with Crippen molar-refractivity contribution >= 4 is 11.4 Å². The third-order valence-corrected chi connectivity index (χ3v) is 5.51. The first-order valence-corrected chi connectivity index (χ1v) is 8.60. The van der Waals surface area contributed by atoms with Gasteiger partial charge in [-0.15, -0.1) is 0 Å². The van der Waals surface area contributed by atoms with E-state index in [-0.39, 0.29) is 0 Å². The molecule has 0 aromatic heterocycles. The minimum atomic E-state index is 0.355. The van der Waals surface area contributed by atoms with Crippen molar-refractivity contribution in [3.05, 3.63) is 70.8 Å². The average molecular weight is 304 g/mol. The molecule has 2 heteroatoms. The quantitative estimate of drug-likeness (QED) is 0.607. The molecule has 2 nitrogen and oxygen atoms in total. The summed E-state index contributed by atoms with van der Waals surface area (Å²) in [6, 6.07) is 13.6. The zero-order valence-corrected chi connectivity index (χ0v) is 13.8. The van der Waals surface area contributed by atoms with E-state index >= 15 is 0 Å². The van der Waals surface area contributed by atoms with E-state index in [0.29, 0.717) is 17.9 Å². The monoisotopic (exact) mass is 304 g/mol. The standard InChI is InChI=1S/C21H24N2/c1-3-14-8-10-15(11-9-14)21-17-6-4-5-16(17)19-18(22)12-7-13(2)20(19)23-21/h4-5,7-12,16-17,21,23H,3,6,22H2,1-2H3. The summed E-state index contributed by atoms with van der Waals surface area (Å²) in [7, 11) is 0. The largest absolute Gasteiger partial charge is 0.398 e. The van der Waals surface area contributed by atoms with Gasteiger partial charge >= 0.3 is 0 Å². The first kappa shape index (κ1) is 14.4. The number of hydrogen-bond acceptors (Lipinski definition) is 2. The molecular weight excluding hydrogens is 280 g/mol. The van der Waals surface area contributed by atoms with Crippen LogP contribution in [0.25, 0.3) is 0 Å². The lowest BCUT2D eigenvalue weighted by Gasteiger charge is -2.39. The van der Waals surface area contributed by atoms with Crippen molar-refractivity contribution in [2.75, 3.05) is 11.1 Å². The third kappa shape index (κ3) is 2.24. The van der Waals surface area contributed by atoms with E-state index in [2.05, 4.69) is 67.7 Å². The molecule has 0 amide bonds. The number of allylic oxidation sites excluding steroid dienone is 2. The molecule has 23 heavy (non-hydrogen) atoms. The van der Waals surface area contributed by atoms with Gasteiger partial charge in [-0.25, -0.2) is 0 Å². The zero-order valence-electron chi connectivity index (χ0n) is 13.8. The molecule has 1 aliphatic heterocycles. The topological polar surface area (TPSA) is 38.0 Å². The van der Waals surface area contributed by atoms with Crippen molar-refractivity contribution in [1.82, 2.24) is 0 Å². The molecule has 3 unspecified atom stereocenters. The highest BCUT2D eigenvalue weighted by Gasteiger charge is 2.39. The fourth-order valence-corrected chi connectivity index (χ4v) is 4.17. The Bertz CT molecular complexity index is 758. The Labute approximate surface area is 138 Å². The SMILES string of the molecule is CCc1ccc(C2Nc3c(C)ccc(N)c3C3C=CCC32)cc1. The Balaban J connectivity index is 1.79. The number of rotatable bonds is 2. The molecule has 2 aromatic carbocycles. The van der Waals surface area contributed by atoms with Crippen LogP contribution in [0.2, 0.25) is 0 Å². The van der Waals surface area contributed by atoms with Crippen molar-refractivity contribution in [1.29, 1.82) is 0 Å². The lowest BCUT2D eigenvalue weighted by Crippen LogP contribution is -2.30. The van der Waals surface area contributed by atoms with Crippen LogP contribution in [0.1, 0.15) is 47.6 Å². The highest BCUT2D eigenvalue weighted by atomic mass is 15.0. The van der Waals surface area contributed by atoms with Gasteiger partial charge in [0.2, 0.25) is 0 Å². The van der Waals surface area contributed by atoms with Gasteiger partial charge in [0.25, 0.3) is 0 Å². The van der Waals surface area contributed by atoms with E-state index in [1.165, 1.54) is 27.9 Å². The molecule has 1 aliphatic carbocycles. The number of nitrogen functional groups attached to an aromatic ring is 1. The van der Waals surface area contributed by atoms with Gasteiger partial charge < -0.3 is 11.1 Å². The van der Waals surface area contributed by atoms with E-state index in [0.717, 1.165) is 18.5 Å². The number of nitrogens with one attached hydrogen (secondary N) is 1. The summed E-state index contributed by atoms with van der Waals surface area (Å²) in [4.78, 5) is 0. The molecule has 2 aliphatic rings. The van der Waals surface area contributed by atoms with Gasteiger partial charge in [0.15, 0.2) is 0 Å². The number of aryl methyl sites for hydroxylation is 2. The fraction of sp³-hybridized carbons (Fsp3) is 0.333. The summed E-state index contributed by atoms with van der Waals surface area (Å²) in [6.07, 6.45) is 6.88. The summed E-state index contributed by atoms with van der Waals surface area (Å²) in [5.74, 6) is 0.987. The van der Waals surface area contributed by atoms with E-state index in [1.54, 1.807) is 0 Å². The average Bonchev–Trinajstić information content (AvgIpc) is 3.07. The highest BCUT2D eigenvalue weighted by molar-refractivity contribution is 5.72. The van der Waals surface area contributed by atoms with E-state index in [4.69, 9.17) is 5.73 Å². The van der Waals surface area contributed by atoms with Gasteiger partial charge in [-0.2, -0.15) is 0 Å². The van der Waals surface area contributed by atoms with Crippen LogP contribution in [-0.2, 0) is 6.42 Å². The lowest BCUT2D eigenvalue weighted by atomic mass is 9.75. The van der Waals surface area contributed by atoms with Crippen molar-refractivity contribution in [3.63, 3.8) is 0 Å². The normalized spacial score (nSPS) is 24.9. The Morgan fingerprint density at radius 2 is 1.91 bits per heavy atom. The number of hydrogen-bond donors (Lipinski definition) is 2. The minimum Gasteiger partial charge on any atom is -0.398 e. The first-order valence-electron chi connectivity index (χ1n) is 8.60. The van der Waals surface area contributed by atoms with Gasteiger partial charge in [-0.05, 0) is 48.4 Å². The maximum absolute atomic E-state index is 6.31. The summed E-state index contributed by atoms with van der Waals surface area (Å²) in [5, 5.41) is 3.81. The molecular formula is C21H24N2. The number of anilines is 2. The van der Waals surface area contributed by atoms with E-state index in [1.807, 2.05) is 0 Å². The molecule has 0 bridgehead atoms. The Morgan fingerprint density at radius 3 is 2.65 bits per heavy atom. The van der Waals surface area contributed by atoms with Crippen molar-refractivity contribution in [2.45, 2.75) is 38.6 Å². The summed E-state index contributed by atoms with van der Waals surface area (Å²) >= 11 is 0. The molecule has 3 N–H and O–H groups in total. The zero-order chi connectivity index (χ0) is 16.0. The third-order valence-electron chi connectivity index (χ3n) is 5.51. The van der Waals surface area contributed by atoms with E-state index < -0.39 is 0 Å². The van der Waals surface area contributed by atoms with E-state index in [9.17, 15) is 0 Å². The van der Waals surface area contributed by atoms with Crippen molar-refractivity contribution in [3.8, 4) is 0 Å². The lowest BCUT2D eigenvalue weighted by molar-refractivity contribution is 0.426. The van der Waals surface area contributed by atoms with Crippen LogP contribution in [-0.4, -0.2) is 0 Å². The van der Waals surface area contributed by atoms with Gasteiger partial charge in [0.05, 0.1) is 6.04 Å². The number of benzene rings is 2. The molecule has 4 rings (SSSR count). The van der Waals surface area contributed by atoms with Gasteiger partial charge in [-0.1, -0.05) is 49.4 Å². The second kappa shape index (κ2) is 5.45. The van der Waals surface area contributed by atoms with Crippen LogP contribution in [0.5, 0.6) is 0 Å². The molecule has 3 atom stereocenters. The van der Waals surface area contributed by atoms with Crippen molar-refractivity contribution < 1.29 is 0 Å². The Hall–Kier alpha value is -2.22. The maximum Gasteiger partial charge on any atom is 0.0554 e. The predicted molar refractivity (Wildman–Crippen MR) is 97.8 cm³/mol. The van der Waals surface area contributed by atoms with Gasteiger partial charge in [0.1, 0.15) is 0 Å². The molecule has 118 valence electrons. The van der Waals surface area contributed by atoms with Crippen LogP contribution < -0.4 is 11.1 Å². The van der Waals surface area contributed by atoms with Crippen LogP contribution >= 0.6 is 0 Å². The van der Waals surface area contributed by atoms with Gasteiger partial charge in [0, 0.05) is 22.9 Å². The first-order chi connectivity index (χ1) is 11.2. The van der Waals surface area contributed by atoms with Crippen LogP contribution in [0.4, 0.5) is 11.4 Å². The molecule has 2 aromatic rings. The molecule has 0 fully saturated rings. The Kier molecular flexibility index (Phi) is 3.41. The number of fused-ring (bicyclic) bond motifs is 3. The van der Waals surface area contributed by atoms with Gasteiger partial charge in [-0.3, -0.25) is 0 Å². The molecule has 0 spiro atoms. The Morgan fingerprint density at radius 1 is 1.13 bits per heavy atom. The summed E-state index contributed by atoms with van der Waals surface area (Å²) < 4.78 is 0. The predicted octanol–water partition coefficient (Wildman–Crippen LogP) is 4.97. The minimum absolute atomic E-state index is 0.355. The van der Waals surface area contributed by atoms with Crippen molar-refractivity contribution in [2.24, 2.45) is 5.92 Å². The number of nitrogens with two attached hydrogens (primary N) is 1. The maximum atomic E-state index is 6.31. The second-order valence-corrected chi connectivity index (χ2v) is 6.83. The summed E-state index contributed by atoms with van der Waals surface area (Å²) in [6.45, 7) is 4.37.